The molecule has 140 valence electrons. The van der Waals surface area contributed by atoms with E-state index in [4.69, 9.17) is 16.3 Å². The van der Waals surface area contributed by atoms with E-state index in [2.05, 4.69) is 15.4 Å². The van der Waals surface area contributed by atoms with Gasteiger partial charge in [-0.1, -0.05) is 23.7 Å². The van der Waals surface area contributed by atoms with Gasteiger partial charge in [-0.25, -0.2) is 0 Å². The Morgan fingerprint density at radius 3 is 2.46 bits per heavy atom. The van der Waals surface area contributed by atoms with Crippen LogP contribution in [0, 0.1) is 0 Å². The van der Waals surface area contributed by atoms with Crippen LogP contribution in [0.25, 0.3) is 0 Å². The molecule has 2 aromatic rings. The zero-order chi connectivity index (χ0) is 19.1. The van der Waals surface area contributed by atoms with Crippen molar-refractivity contribution in [2.75, 3.05) is 19.0 Å². The zero-order valence-corrected chi connectivity index (χ0v) is 15.0. The standard InChI is InChI=1S/C18H19ClF2N2O3/c1-11(12-3-5-13(19)6-4-12)23-17(24)10-22-14-7-8-15(25-2)16(9-14)26-18(20)21/h3-9,11,18,22H,10H2,1-2H3,(H,23,24). The van der Waals surface area contributed by atoms with Crippen molar-refractivity contribution in [2.24, 2.45) is 0 Å². The highest BCUT2D eigenvalue weighted by Gasteiger charge is 2.13. The SMILES string of the molecule is COc1ccc(NCC(=O)NC(C)c2ccc(Cl)cc2)cc1OC(F)F. The zero-order valence-electron chi connectivity index (χ0n) is 14.3. The summed E-state index contributed by atoms with van der Waals surface area (Å²) in [4.78, 5) is 12.1. The Hall–Kier alpha value is -2.54. The number of halogens is 3. The summed E-state index contributed by atoms with van der Waals surface area (Å²) in [5.41, 5.74) is 1.37. The van der Waals surface area contributed by atoms with Crippen LogP contribution in [-0.4, -0.2) is 26.2 Å². The van der Waals surface area contributed by atoms with Gasteiger partial charge in [-0.15, -0.1) is 0 Å². The normalized spacial score (nSPS) is 11.8. The van der Waals surface area contributed by atoms with E-state index in [9.17, 15) is 13.6 Å². The van der Waals surface area contributed by atoms with Crippen molar-refractivity contribution in [1.82, 2.24) is 5.32 Å². The van der Waals surface area contributed by atoms with Crippen LogP contribution in [0.2, 0.25) is 5.02 Å². The van der Waals surface area contributed by atoms with Crippen molar-refractivity contribution < 1.29 is 23.0 Å². The first-order chi connectivity index (χ1) is 12.4. The van der Waals surface area contributed by atoms with E-state index in [1.165, 1.54) is 19.2 Å². The van der Waals surface area contributed by atoms with E-state index in [1.807, 2.05) is 19.1 Å². The molecule has 1 unspecified atom stereocenters. The first kappa shape index (κ1) is 19.8. The van der Waals surface area contributed by atoms with Crippen LogP contribution in [0.1, 0.15) is 18.5 Å². The molecule has 0 aliphatic heterocycles. The lowest BCUT2D eigenvalue weighted by molar-refractivity contribution is -0.120. The van der Waals surface area contributed by atoms with Crippen LogP contribution in [-0.2, 0) is 4.79 Å². The molecule has 26 heavy (non-hydrogen) atoms. The maximum atomic E-state index is 12.4. The van der Waals surface area contributed by atoms with E-state index in [1.54, 1.807) is 18.2 Å². The fourth-order valence-electron chi connectivity index (χ4n) is 2.28. The third kappa shape index (κ3) is 5.77. The van der Waals surface area contributed by atoms with Gasteiger partial charge in [0.1, 0.15) is 0 Å². The number of methoxy groups -OCH3 is 1. The summed E-state index contributed by atoms with van der Waals surface area (Å²) < 4.78 is 34.3. The fraction of sp³-hybridized carbons (Fsp3) is 0.278. The van der Waals surface area contributed by atoms with Crippen molar-refractivity contribution in [1.29, 1.82) is 0 Å². The van der Waals surface area contributed by atoms with E-state index < -0.39 is 6.61 Å². The molecule has 2 aromatic carbocycles. The van der Waals surface area contributed by atoms with Crippen LogP contribution < -0.4 is 20.1 Å². The third-order valence-electron chi connectivity index (χ3n) is 3.58. The highest BCUT2D eigenvalue weighted by Crippen LogP contribution is 2.31. The minimum Gasteiger partial charge on any atom is -0.493 e. The Morgan fingerprint density at radius 1 is 1.15 bits per heavy atom. The highest BCUT2D eigenvalue weighted by molar-refractivity contribution is 6.30. The molecule has 0 saturated heterocycles. The number of benzene rings is 2. The lowest BCUT2D eigenvalue weighted by Gasteiger charge is -2.16. The molecule has 0 spiro atoms. The summed E-state index contributed by atoms with van der Waals surface area (Å²) >= 11 is 5.84. The van der Waals surface area contributed by atoms with Gasteiger partial charge in [-0.05, 0) is 36.8 Å². The smallest absolute Gasteiger partial charge is 0.387 e. The number of rotatable bonds is 8. The predicted molar refractivity (Wildman–Crippen MR) is 96.1 cm³/mol. The van der Waals surface area contributed by atoms with Gasteiger partial charge in [0.15, 0.2) is 11.5 Å². The molecule has 0 bridgehead atoms. The molecule has 0 aliphatic rings. The molecule has 0 saturated carbocycles. The number of anilines is 1. The maximum absolute atomic E-state index is 12.4. The molecule has 0 aromatic heterocycles. The maximum Gasteiger partial charge on any atom is 0.387 e. The Labute approximate surface area is 155 Å². The Morgan fingerprint density at radius 2 is 1.85 bits per heavy atom. The number of carbonyl (C=O) groups is 1. The molecule has 0 heterocycles. The Bertz CT molecular complexity index is 742. The van der Waals surface area contributed by atoms with E-state index >= 15 is 0 Å². The van der Waals surface area contributed by atoms with Crippen molar-refractivity contribution in [2.45, 2.75) is 19.6 Å². The molecule has 0 fully saturated rings. The number of carbonyl (C=O) groups excluding carboxylic acids is 1. The number of hydrogen-bond acceptors (Lipinski definition) is 4. The lowest BCUT2D eigenvalue weighted by Crippen LogP contribution is -2.32. The van der Waals surface area contributed by atoms with Gasteiger partial charge >= 0.3 is 6.61 Å². The van der Waals surface area contributed by atoms with Crippen LogP contribution in [0.4, 0.5) is 14.5 Å². The van der Waals surface area contributed by atoms with Gasteiger partial charge in [0, 0.05) is 16.8 Å². The molecule has 2 rings (SSSR count). The van der Waals surface area contributed by atoms with Crippen LogP contribution in [0.5, 0.6) is 11.5 Å². The van der Waals surface area contributed by atoms with Crippen LogP contribution in [0.3, 0.4) is 0 Å². The molecular formula is C18H19ClF2N2O3. The molecule has 0 aliphatic carbocycles. The molecule has 5 nitrogen and oxygen atoms in total. The summed E-state index contributed by atoms with van der Waals surface area (Å²) in [7, 11) is 1.35. The van der Waals surface area contributed by atoms with Gasteiger partial charge in [0.05, 0.1) is 19.7 Å². The van der Waals surface area contributed by atoms with Gasteiger partial charge < -0.3 is 20.1 Å². The second kappa shape index (κ2) is 9.24. The van der Waals surface area contributed by atoms with E-state index in [0.29, 0.717) is 10.7 Å². The number of alkyl halides is 2. The largest absolute Gasteiger partial charge is 0.493 e. The topological polar surface area (TPSA) is 59.6 Å². The average molecular weight is 385 g/mol. The van der Waals surface area contributed by atoms with Gasteiger partial charge in [-0.3, -0.25) is 4.79 Å². The Balaban J connectivity index is 1.93. The van der Waals surface area contributed by atoms with Crippen LogP contribution >= 0.6 is 11.6 Å². The van der Waals surface area contributed by atoms with Gasteiger partial charge in [-0.2, -0.15) is 8.78 Å². The van der Waals surface area contributed by atoms with Gasteiger partial charge in [0.2, 0.25) is 5.91 Å². The van der Waals surface area contributed by atoms with Crippen molar-refractivity contribution in [3.8, 4) is 11.5 Å². The second-order valence-corrected chi connectivity index (χ2v) is 5.87. The first-order valence-corrected chi connectivity index (χ1v) is 8.18. The summed E-state index contributed by atoms with van der Waals surface area (Å²) in [6.45, 7) is -1.15. The monoisotopic (exact) mass is 384 g/mol. The number of nitrogens with one attached hydrogen (secondary N) is 2. The minimum atomic E-state index is -2.97. The average Bonchev–Trinajstić information content (AvgIpc) is 2.60. The molecule has 8 heteroatoms. The predicted octanol–water partition coefficient (Wildman–Crippen LogP) is 4.24. The van der Waals surface area contributed by atoms with E-state index in [0.717, 1.165) is 5.56 Å². The third-order valence-corrected chi connectivity index (χ3v) is 3.83. The fourth-order valence-corrected chi connectivity index (χ4v) is 2.41. The summed E-state index contributed by atoms with van der Waals surface area (Å²) in [5, 5.41) is 6.32. The summed E-state index contributed by atoms with van der Waals surface area (Å²) in [5.74, 6) is -0.182. The van der Waals surface area contributed by atoms with E-state index in [-0.39, 0.29) is 30.0 Å². The highest BCUT2D eigenvalue weighted by atomic mass is 35.5. The number of hydrogen-bond donors (Lipinski definition) is 2. The molecule has 1 atom stereocenters. The van der Waals surface area contributed by atoms with Crippen LogP contribution in [0.15, 0.2) is 42.5 Å². The number of ether oxygens (including phenoxy) is 2. The molecular weight excluding hydrogens is 366 g/mol. The first-order valence-electron chi connectivity index (χ1n) is 7.80. The van der Waals surface area contributed by atoms with Crippen molar-refractivity contribution in [3.63, 3.8) is 0 Å². The summed E-state index contributed by atoms with van der Waals surface area (Å²) in [6, 6.07) is 11.4. The summed E-state index contributed by atoms with van der Waals surface area (Å²) in [6.07, 6.45) is 0. The minimum absolute atomic E-state index is 0.0294. The molecule has 2 N–H and O–H groups in total. The van der Waals surface area contributed by atoms with Crippen molar-refractivity contribution in [3.05, 3.63) is 53.1 Å². The van der Waals surface area contributed by atoms with Gasteiger partial charge in [0.25, 0.3) is 0 Å². The molecule has 0 radical (unpaired) electrons. The second-order valence-electron chi connectivity index (χ2n) is 5.44. The Kier molecular flexibility index (Phi) is 7.03. The number of amides is 1. The lowest BCUT2D eigenvalue weighted by atomic mass is 10.1. The van der Waals surface area contributed by atoms with Crippen molar-refractivity contribution >= 4 is 23.2 Å². The molecule has 1 amide bonds. The quantitative estimate of drug-likeness (QED) is 0.714.